The Balaban J connectivity index is 2.92. The lowest BCUT2D eigenvalue weighted by atomic mass is 10.2. The summed E-state index contributed by atoms with van der Waals surface area (Å²) in [5.41, 5.74) is 4.89. The van der Waals surface area contributed by atoms with E-state index in [2.05, 4.69) is 4.98 Å². The summed E-state index contributed by atoms with van der Waals surface area (Å²) in [5.74, 6) is 0.543. The molecule has 1 rings (SSSR count). The SMILES string of the molecule is CC(C)(C)OC(=O)N(CCF)c1cccc(N)n1. The summed E-state index contributed by atoms with van der Waals surface area (Å²) in [6.07, 6.45) is -0.641. The third kappa shape index (κ3) is 4.20. The van der Waals surface area contributed by atoms with Crippen LogP contribution in [0.2, 0.25) is 0 Å². The first-order valence-electron chi connectivity index (χ1n) is 5.62. The Morgan fingerprint density at radius 2 is 2.17 bits per heavy atom. The molecule has 6 heteroatoms. The summed E-state index contributed by atoms with van der Waals surface area (Å²) in [7, 11) is 0. The highest BCUT2D eigenvalue weighted by molar-refractivity contribution is 5.86. The predicted molar refractivity (Wildman–Crippen MR) is 68.2 cm³/mol. The maximum absolute atomic E-state index is 12.5. The van der Waals surface area contributed by atoms with Gasteiger partial charge in [0, 0.05) is 0 Å². The van der Waals surface area contributed by atoms with Crippen molar-refractivity contribution in [1.82, 2.24) is 4.98 Å². The Bertz CT molecular complexity index is 418. The topological polar surface area (TPSA) is 68.5 Å². The fraction of sp³-hybridized carbons (Fsp3) is 0.500. The number of nitrogens with zero attached hydrogens (tertiary/aromatic N) is 2. The smallest absolute Gasteiger partial charge is 0.416 e. The molecular formula is C12H18FN3O2. The van der Waals surface area contributed by atoms with Gasteiger partial charge >= 0.3 is 6.09 Å². The zero-order valence-electron chi connectivity index (χ0n) is 10.8. The van der Waals surface area contributed by atoms with Crippen LogP contribution in [0.25, 0.3) is 0 Å². The highest BCUT2D eigenvalue weighted by Crippen LogP contribution is 2.17. The van der Waals surface area contributed by atoms with Crippen molar-refractivity contribution in [2.45, 2.75) is 26.4 Å². The van der Waals surface area contributed by atoms with Gasteiger partial charge in [-0.05, 0) is 32.9 Å². The van der Waals surface area contributed by atoms with Gasteiger partial charge in [-0.3, -0.25) is 4.90 Å². The summed E-state index contributed by atoms with van der Waals surface area (Å²) in [6, 6.07) is 4.81. The quantitative estimate of drug-likeness (QED) is 0.900. The minimum atomic E-state index is -0.685. The van der Waals surface area contributed by atoms with Crippen LogP contribution in [-0.2, 0) is 4.74 Å². The molecule has 0 saturated carbocycles. The summed E-state index contributed by atoms with van der Waals surface area (Å²) in [5, 5.41) is 0. The lowest BCUT2D eigenvalue weighted by Crippen LogP contribution is -2.38. The van der Waals surface area contributed by atoms with Gasteiger partial charge in [0.05, 0.1) is 6.54 Å². The van der Waals surface area contributed by atoms with Gasteiger partial charge in [-0.1, -0.05) is 6.07 Å². The summed E-state index contributed by atoms with van der Waals surface area (Å²) >= 11 is 0. The van der Waals surface area contributed by atoms with Gasteiger partial charge < -0.3 is 10.5 Å². The first-order valence-corrected chi connectivity index (χ1v) is 5.62. The highest BCUT2D eigenvalue weighted by Gasteiger charge is 2.24. The molecule has 2 N–H and O–H groups in total. The number of aromatic nitrogens is 1. The molecule has 100 valence electrons. The van der Waals surface area contributed by atoms with Crippen LogP contribution >= 0.6 is 0 Å². The van der Waals surface area contributed by atoms with E-state index < -0.39 is 18.4 Å². The molecule has 0 unspecified atom stereocenters. The van der Waals surface area contributed by atoms with Crippen LogP contribution in [0, 0.1) is 0 Å². The van der Waals surface area contributed by atoms with Crippen LogP contribution < -0.4 is 10.6 Å². The molecule has 0 aliphatic carbocycles. The Kier molecular flexibility index (Phi) is 4.47. The molecule has 18 heavy (non-hydrogen) atoms. The van der Waals surface area contributed by atoms with Crippen LogP contribution in [0.3, 0.4) is 0 Å². The highest BCUT2D eigenvalue weighted by atomic mass is 19.1. The molecule has 1 aromatic heterocycles. The molecule has 0 aliphatic rings. The van der Waals surface area contributed by atoms with Gasteiger partial charge in [-0.2, -0.15) is 0 Å². The number of hydrogen-bond acceptors (Lipinski definition) is 4. The number of hydrogen-bond donors (Lipinski definition) is 1. The molecule has 0 spiro atoms. The fourth-order valence-electron chi connectivity index (χ4n) is 1.29. The third-order valence-electron chi connectivity index (χ3n) is 1.95. The average Bonchev–Trinajstić information content (AvgIpc) is 2.23. The summed E-state index contributed by atoms with van der Waals surface area (Å²) in [4.78, 5) is 17.0. The zero-order chi connectivity index (χ0) is 13.8. The van der Waals surface area contributed by atoms with Gasteiger partial charge in [0.1, 0.15) is 23.9 Å². The van der Waals surface area contributed by atoms with Gasteiger partial charge in [0.15, 0.2) is 0 Å². The van der Waals surface area contributed by atoms with Crippen LogP contribution in [-0.4, -0.2) is 29.9 Å². The van der Waals surface area contributed by atoms with E-state index in [0.29, 0.717) is 0 Å². The van der Waals surface area contributed by atoms with E-state index in [4.69, 9.17) is 10.5 Å². The van der Waals surface area contributed by atoms with Crippen molar-refractivity contribution in [3.8, 4) is 0 Å². The molecule has 0 aromatic carbocycles. The van der Waals surface area contributed by atoms with E-state index in [0.717, 1.165) is 4.90 Å². The van der Waals surface area contributed by atoms with Crippen molar-refractivity contribution >= 4 is 17.7 Å². The van der Waals surface area contributed by atoms with E-state index in [1.807, 2.05) is 0 Å². The van der Waals surface area contributed by atoms with Crippen LogP contribution in [0.15, 0.2) is 18.2 Å². The van der Waals surface area contributed by atoms with E-state index in [1.54, 1.807) is 39.0 Å². The molecule has 1 amide bonds. The monoisotopic (exact) mass is 255 g/mol. The minimum Gasteiger partial charge on any atom is -0.443 e. The number of anilines is 2. The number of carbonyl (C=O) groups is 1. The van der Waals surface area contributed by atoms with Gasteiger partial charge in [-0.25, -0.2) is 14.2 Å². The van der Waals surface area contributed by atoms with Crippen molar-refractivity contribution < 1.29 is 13.9 Å². The summed E-state index contributed by atoms with van der Waals surface area (Å²) in [6.45, 7) is 4.42. The number of pyridine rings is 1. The largest absolute Gasteiger partial charge is 0.443 e. The Morgan fingerprint density at radius 1 is 1.50 bits per heavy atom. The van der Waals surface area contributed by atoms with Crippen molar-refractivity contribution in [2.75, 3.05) is 23.9 Å². The van der Waals surface area contributed by atoms with E-state index in [1.165, 1.54) is 0 Å². The van der Waals surface area contributed by atoms with E-state index in [-0.39, 0.29) is 18.2 Å². The number of halogens is 1. The molecule has 0 bridgehead atoms. The minimum absolute atomic E-state index is 0.120. The number of rotatable bonds is 3. The number of nitrogen functional groups attached to an aromatic ring is 1. The third-order valence-corrected chi connectivity index (χ3v) is 1.95. The first kappa shape index (κ1) is 14.2. The Hall–Kier alpha value is -1.85. The maximum Gasteiger partial charge on any atom is 0.416 e. The fourth-order valence-corrected chi connectivity index (χ4v) is 1.29. The van der Waals surface area contributed by atoms with Gasteiger partial charge in [0.25, 0.3) is 0 Å². The summed E-state index contributed by atoms with van der Waals surface area (Å²) < 4.78 is 17.7. The lowest BCUT2D eigenvalue weighted by molar-refractivity contribution is 0.0577. The van der Waals surface area contributed by atoms with Crippen molar-refractivity contribution in [3.63, 3.8) is 0 Å². The van der Waals surface area contributed by atoms with E-state index >= 15 is 0 Å². The molecule has 1 heterocycles. The molecule has 1 aromatic rings. The molecule has 0 radical (unpaired) electrons. The average molecular weight is 255 g/mol. The van der Waals surface area contributed by atoms with Crippen LogP contribution in [0.4, 0.5) is 20.8 Å². The van der Waals surface area contributed by atoms with Gasteiger partial charge in [0.2, 0.25) is 0 Å². The number of ether oxygens (including phenoxy) is 1. The first-order chi connectivity index (χ1) is 8.33. The second-order valence-electron chi connectivity index (χ2n) is 4.74. The van der Waals surface area contributed by atoms with Crippen molar-refractivity contribution in [3.05, 3.63) is 18.2 Å². The standard InChI is InChI=1S/C12H18FN3O2/c1-12(2,3)18-11(17)16(8-7-13)10-6-4-5-9(14)15-10/h4-6H,7-8H2,1-3H3,(H2,14,15). The van der Waals surface area contributed by atoms with E-state index in [9.17, 15) is 9.18 Å². The van der Waals surface area contributed by atoms with Gasteiger partial charge in [-0.15, -0.1) is 0 Å². The molecular weight excluding hydrogens is 237 g/mol. The normalized spacial score (nSPS) is 11.1. The van der Waals surface area contributed by atoms with Crippen LogP contribution in [0.1, 0.15) is 20.8 Å². The number of amides is 1. The molecule has 0 saturated heterocycles. The van der Waals surface area contributed by atoms with Crippen molar-refractivity contribution in [2.24, 2.45) is 0 Å². The number of nitrogens with two attached hydrogens (primary N) is 1. The van der Waals surface area contributed by atoms with Crippen LogP contribution in [0.5, 0.6) is 0 Å². The lowest BCUT2D eigenvalue weighted by Gasteiger charge is -2.26. The predicted octanol–water partition coefficient (Wildman–Crippen LogP) is 2.37. The molecule has 0 atom stereocenters. The second-order valence-corrected chi connectivity index (χ2v) is 4.74. The Labute approximate surface area is 106 Å². The Morgan fingerprint density at radius 3 is 2.67 bits per heavy atom. The second kappa shape index (κ2) is 5.66. The number of alkyl halides is 1. The number of carbonyl (C=O) groups excluding carboxylic acids is 1. The zero-order valence-corrected chi connectivity index (χ0v) is 10.8. The molecule has 0 fully saturated rings. The van der Waals surface area contributed by atoms with Crippen molar-refractivity contribution in [1.29, 1.82) is 0 Å². The maximum atomic E-state index is 12.5. The molecule has 5 nitrogen and oxygen atoms in total. The molecule has 0 aliphatic heterocycles.